The lowest BCUT2D eigenvalue weighted by atomic mass is 9.98. The van der Waals surface area contributed by atoms with Gasteiger partial charge in [0.15, 0.2) is 0 Å². The average molecular weight is 410 g/mol. The van der Waals surface area contributed by atoms with Gasteiger partial charge in [0, 0.05) is 5.41 Å². The molecule has 0 aliphatic carbocycles. The van der Waals surface area contributed by atoms with E-state index >= 15 is 0 Å². The van der Waals surface area contributed by atoms with Gasteiger partial charge in [-0.05, 0) is 0 Å². The fourth-order valence-electron chi connectivity index (χ4n) is 1.04. The highest BCUT2D eigenvalue weighted by molar-refractivity contribution is 7.95. The van der Waals surface area contributed by atoms with Crippen molar-refractivity contribution < 1.29 is 65.5 Å². The van der Waals surface area contributed by atoms with Gasteiger partial charge in [0.1, 0.15) is 0 Å². The maximum atomic E-state index is 13.0. The second kappa shape index (κ2) is 5.39. The van der Waals surface area contributed by atoms with Crippen LogP contribution in [0.1, 0.15) is 0 Å². The van der Waals surface area contributed by atoms with E-state index in [-0.39, 0.29) is 0 Å². The van der Waals surface area contributed by atoms with E-state index in [1.807, 2.05) is 6.58 Å². The van der Waals surface area contributed by atoms with E-state index in [1.54, 1.807) is 0 Å². The molecule has 24 heavy (non-hydrogen) atoms. The molecule has 0 rings (SSSR count). The summed E-state index contributed by atoms with van der Waals surface area (Å²) in [6.45, 7) is 1.98. The maximum absolute atomic E-state index is 13.0. The summed E-state index contributed by atoms with van der Waals surface area (Å²) in [6.07, 6.45) is -7.55. The number of rotatable bonds is 6. The van der Waals surface area contributed by atoms with Crippen molar-refractivity contribution in [2.24, 2.45) is 0 Å². The zero-order chi connectivity index (χ0) is 20.2. The monoisotopic (exact) mass is 410 g/mol. The van der Waals surface area contributed by atoms with Gasteiger partial charge in [-0.2, -0.15) is 57.1 Å². The Kier molecular flexibility index (Phi) is 5.11. The number of alkyl halides is 13. The van der Waals surface area contributed by atoms with Crippen molar-refractivity contribution in [3.8, 4) is 0 Å². The summed E-state index contributed by atoms with van der Waals surface area (Å²) in [7, 11) is -6.84. The van der Waals surface area contributed by atoms with Gasteiger partial charge >= 0.3 is 35.1 Å². The minimum atomic E-state index is -8.14. The molecule has 0 fully saturated rings. The summed E-state index contributed by atoms with van der Waals surface area (Å²) in [4.78, 5) is 0. The van der Waals surface area contributed by atoms with Crippen LogP contribution in [-0.4, -0.2) is 43.5 Å². The molecule has 0 aliphatic heterocycles. The summed E-state index contributed by atoms with van der Waals surface area (Å²) >= 11 is 0. The van der Waals surface area contributed by atoms with Gasteiger partial charge in [0.05, 0.1) is 0 Å². The summed E-state index contributed by atoms with van der Waals surface area (Å²) in [5.41, 5.74) is 0. The summed E-state index contributed by atoms with van der Waals surface area (Å²) < 4.78 is 184. The van der Waals surface area contributed by atoms with E-state index in [2.05, 4.69) is 0 Å². The van der Waals surface area contributed by atoms with Crippen molar-refractivity contribution in [3.63, 3.8) is 0 Å². The number of halogens is 13. The molecule has 0 saturated carbocycles. The minimum absolute atomic E-state index is 1.10. The first-order chi connectivity index (χ1) is 10.1. The molecule has 0 unspecified atom stereocenters. The molecule has 0 bridgehead atoms. The molecule has 0 N–H and O–H groups in total. The van der Waals surface area contributed by atoms with Crippen molar-refractivity contribution in [2.45, 2.75) is 35.1 Å². The third kappa shape index (κ3) is 2.61. The molecule has 0 spiro atoms. The quantitative estimate of drug-likeness (QED) is 0.614. The number of hydrogen-bond acceptors (Lipinski definition) is 2. The van der Waals surface area contributed by atoms with Crippen molar-refractivity contribution in [1.29, 1.82) is 0 Å². The topological polar surface area (TPSA) is 34.1 Å². The number of hydrogen-bond donors (Lipinski definition) is 0. The summed E-state index contributed by atoms with van der Waals surface area (Å²) in [6, 6.07) is 0. The van der Waals surface area contributed by atoms with Crippen LogP contribution >= 0.6 is 0 Å². The van der Waals surface area contributed by atoms with Crippen LogP contribution in [0.15, 0.2) is 12.0 Å². The molecule has 0 aromatic carbocycles. The van der Waals surface area contributed by atoms with Gasteiger partial charge in [0.25, 0.3) is 0 Å². The van der Waals surface area contributed by atoms with Crippen LogP contribution in [0.4, 0.5) is 57.1 Å². The molecule has 0 atom stereocenters. The molecule has 2 nitrogen and oxygen atoms in total. The van der Waals surface area contributed by atoms with Crippen LogP contribution in [0.5, 0.6) is 0 Å². The van der Waals surface area contributed by atoms with Crippen LogP contribution < -0.4 is 0 Å². The van der Waals surface area contributed by atoms with Gasteiger partial charge in [0.2, 0.25) is 9.84 Å². The van der Waals surface area contributed by atoms with Gasteiger partial charge in [-0.25, -0.2) is 8.42 Å². The molecular formula is C8H3F13O2S. The third-order valence-corrected chi connectivity index (χ3v) is 3.89. The lowest BCUT2D eigenvalue weighted by Gasteiger charge is -2.39. The molecule has 0 radical (unpaired) electrons. The lowest BCUT2D eigenvalue weighted by Crippen LogP contribution is -2.70. The molecule has 0 heterocycles. The molecular weight excluding hydrogens is 407 g/mol. The zero-order valence-electron chi connectivity index (χ0n) is 10.4. The molecule has 0 aromatic rings. The highest BCUT2D eigenvalue weighted by atomic mass is 32.2. The summed E-state index contributed by atoms with van der Waals surface area (Å²) in [5, 5.41) is -8.28. The smallest absolute Gasteiger partial charge is 0.218 e. The van der Waals surface area contributed by atoms with Crippen LogP contribution in [0.25, 0.3) is 0 Å². The van der Waals surface area contributed by atoms with E-state index in [0.29, 0.717) is 0 Å². The highest BCUT2D eigenvalue weighted by Gasteiger charge is 2.92. The van der Waals surface area contributed by atoms with Gasteiger partial charge < -0.3 is 0 Å². The SMILES string of the molecule is C=CS(=O)(=O)C(F)(F)C(F)(F)C(F)(F)C(F)(F)C(F)(F)C(F)(F)F. The Balaban J connectivity index is 6.58. The highest BCUT2D eigenvalue weighted by Crippen LogP contribution is 2.61. The zero-order valence-corrected chi connectivity index (χ0v) is 11.2. The minimum Gasteiger partial charge on any atom is -0.218 e. The second-order valence-corrected chi connectivity index (χ2v) is 5.96. The normalized spacial score (nSPS) is 16.2. The van der Waals surface area contributed by atoms with Crippen LogP contribution in [0, 0.1) is 0 Å². The molecule has 0 amide bonds. The lowest BCUT2D eigenvalue weighted by molar-refractivity contribution is -0.433. The van der Waals surface area contributed by atoms with Crippen molar-refractivity contribution in [2.75, 3.05) is 0 Å². The molecule has 0 saturated heterocycles. The fourth-order valence-corrected chi connectivity index (χ4v) is 1.73. The first-order valence-electron chi connectivity index (χ1n) is 4.89. The Morgan fingerprint density at radius 1 is 0.583 bits per heavy atom. The first-order valence-corrected chi connectivity index (χ1v) is 6.43. The van der Waals surface area contributed by atoms with E-state index < -0.39 is 50.4 Å². The van der Waals surface area contributed by atoms with E-state index in [4.69, 9.17) is 0 Å². The van der Waals surface area contributed by atoms with Crippen molar-refractivity contribution in [1.82, 2.24) is 0 Å². The largest absolute Gasteiger partial charge is 0.460 e. The summed E-state index contributed by atoms with van der Waals surface area (Å²) in [5.74, 6) is -32.0. The van der Waals surface area contributed by atoms with Crippen LogP contribution in [0.3, 0.4) is 0 Å². The predicted molar refractivity (Wildman–Crippen MR) is 49.9 cm³/mol. The Morgan fingerprint density at radius 3 is 1.12 bits per heavy atom. The molecule has 0 aliphatic rings. The second-order valence-electron chi connectivity index (χ2n) is 4.02. The van der Waals surface area contributed by atoms with Gasteiger partial charge in [-0.3, -0.25) is 0 Å². The average Bonchev–Trinajstić information content (AvgIpc) is 2.36. The van der Waals surface area contributed by atoms with Gasteiger partial charge in [-0.15, -0.1) is 0 Å². The van der Waals surface area contributed by atoms with E-state index in [1.165, 1.54) is 0 Å². The van der Waals surface area contributed by atoms with E-state index in [9.17, 15) is 65.5 Å². The van der Waals surface area contributed by atoms with Gasteiger partial charge in [-0.1, -0.05) is 6.58 Å². The van der Waals surface area contributed by atoms with Crippen LogP contribution in [-0.2, 0) is 9.84 Å². The number of sulfone groups is 1. The fraction of sp³-hybridized carbons (Fsp3) is 0.750. The molecule has 0 aromatic heterocycles. The Bertz CT molecular complexity index is 600. The van der Waals surface area contributed by atoms with E-state index in [0.717, 1.165) is 0 Å². The van der Waals surface area contributed by atoms with Crippen molar-refractivity contribution in [3.05, 3.63) is 12.0 Å². The standard InChI is InChI=1S/C8H3F13O2S/c1-2-24(22,23)8(20,21)6(15,16)4(11,12)3(9,10)5(13,14)7(17,18)19/h2H,1H2. The first kappa shape index (κ1) is 22.8. The Hall–Kier alpha value is -1.22. The molecule has 144 valence electrons. The van der Waals surface area contributed by atoms with Crippen molar-refractivity contribution >= 4 is 9.84 Å². The maximum Gasteiger partial charge on any atom is 0.460 e. The van der Waals surface area contributed by atoms with Crippen LogP contribution in [0.2, 0.25) is 0 Å². The Morgan fingerprint density at radius 2 is 0.875 bits per heavy atom. The predicted octanol–water partition coefficient (Wildman–Crippen LogP) is 4.24. The molecule has 16 heteroatoms. The third-order valence-electron chi connectivity index (χ3n) is 2.48. The Labute approximate surface area is 123 Å².